The van der Waals surface area contributed by atoms with Crippen LogP contribution in [0.4, 0.5) is 0 Å². The molecule has 0 saturated heterocycles. The smallest absolute Gasteiger partial charge is 0.0709 e. The Labute approximate surface area is 398 Å². The predicted molar refractivity (Wildman–Crippen MR) is 271 cm³/mol. The van der Waals surface area contributed by atoms with Crippen LogP contribution in [0.5, 0.6) is 0 Å². The fraction of sp³-hybridized carbons (Fsp3) is 0.345. The minimum atomic E-state index is -1.42. The standard InChI is InChI=1S/C33H32NS.C25H36NSi.Ir/c1-22-19-23(2)31(29-21-25(17-18-34(29)3)20-24-11-6-4-7-12-24)33-30(22)28-16-10-15-27(32(28)35-33)26-13-8-5-9-14-26;1-18(2)14-22-16-24(26(4)17-25(22)27(5,6)7)23-15-21(13-12-19(23)3)20-10-8-9-11-20;/h5,8-10,13-19,21,24H,2-4,6-7,11-12,20H2,1H3;12-13,15-18,20H,3-4,8-11,14H2,1-2,5-7H3;/q2*-1;. The Bertz CT molecular complexity index is 2690. The maximum Gasteiger partial charge on any atom is 0.0709 e. The van der Waals surface area contributed by atoms with Crippen molar-refractivity contribution in [3.63, 3.8) is 0 Å². The number of aryl methyl sites for hydroxylation is 1. The summed E-state index contributed by atoms with van der Waals surface area (Å²) in [7, 11) is 7.32. The van der Waals surface area contributed by atoms with E-state index in [1.165, 1.54) is 145 Å². The monoisotopic (exact) mass is 1050 g/mol. The molecule has 63 heavy (non-hydrogen) atoms. The van der Waals surface area contributed by atoms with Gasteiger partial charge in [-0.15, -0.1) is 29.0 Å². The Morgan fingerprint density at radius 3 is 2.13 bits per heavy atom. The van der Waals surface area contributed by atoms with Gasteiger partial charge in [0.1, 0.15) is 0 Å². The van der Waals surface area contributed by atoms with Crippen molar-refractivity contribution in [1.82, 2.24) is 0 Å². The van der Waals surface area contributed by atoms with Crippen molar-refractivity contribution < 1.29 is 29.2 Å². The number of hydrogen-bond donors (Lipinski definition) is 0. The first-order valence-electron chi connectivity index (χ1n) is 23.3. The van der Waals surface area contributed by atoms with Crippen molar-refractivity contribution >= 4 is 44.8 Å². The molecule has 1 radical (unpaired) electrons. The van der Waals surface area contributed by atoms with Gasteiger partial charge in [0.2, 0.25) is 0 Å². The molecule has 2 fully saturated rings. The molecule has 0 unspecified atom stereocenters. The summed E-state index contributed by atoms with van der Waals surface area (Å²) >= 11 is 1.90. The molecule has 331 valence electrons. The molecule has 7 aromatic rings. The van der Waals surface area contributed by atoms with E-state index in [2.05, 4.69) is 176 Å². The molecule has 3 heterocycles. The number of fused-ring (bicyclic) bond motifs is 3. The molecular formula is C58H68IrN2SSi-2. The Hall–Kier alpha value is -4.25. The van der Waals surface area contributed by atoms with Crippen molar-refractivity contribution in [2.45, 2.75) is 117 Å². The zero-order valence-corrected chi connectivity index (χ0v) is 43.0. The Kier molecular flexibility index (Phi) is 14.7. The molecular weight excluding hydrogens is 977 g/mol. The fourth-order valence-corrected chi connectivity index (χ4v) is 13.7. The number of benzene rings is 4. The first kappa shape index (κ1) is 46.7. The van der Waals surface area contributed by atoms with Crippen LogP contribution in [-0.2, 0) is 32.9 Å². The largest absolute Gasteiger partial charge is 0.343 e. The minimum Gasteiger partial charge on any atom is -0.343 e. The average Bonchev–Trinajstić information content (AvgIpc) is 3.93. The van der Waals surface area contributed by atoms with Gasteiger partial charge < -0.3 is 9.13 Å². The second-order valence-corrected chi connectivity index (χ2v) is 26.1. The molecule has 4 aromatic carbocycles. The van der Waals surface area contributed by atoms with Gasteiger partial charge in [-0.25, -0.2) is 0 Å². The van der Waals surface area contributed by atoms with Gasteiger partial charge in [0.05, 0.1) is 31.9 Å². The molecule has 0 atom stereocenters. The van der Waals surface area contributed by atoms with E-state index in [1.807, 2.05) is 15.9 Å². The van der Waals surface area contributed by atoms with E-state index in [0.717, 1.165) is 29.4 Å². The number of thiophene rings is 1. The van der Waals surface area contributed by atoms with Crippen LogP contribution in [0, 0.1) is 46.7 Å². The third kappa shape index (κ3) is 10.2. The summed E-state index contributed by atoms with van der Waals surface area (Å²) in [5.41, 5.74) is 15.3. The summed E-state index contributed by atoms with van der Waals surface area (Å²) in [5.74, 6) is 2.18. The van der Waals surface area contributed by atoms with Gasteiger partial charge in [0.15, 0.2) is 0 Å². The van der Waals surface area contributed by atoms with Gasteiger partial charge >= 0.3 is 0 Å². The van der Waals surface area contributed by atoms with Gasteiger partial charge in [-0.3, -0.25) is 0 Å². The first-order chi connectivity index (χ1) is 29.8. The van der Waals surface area contributed by atoms with Crippen molar-refractivity contribution in [3.8, 4) is 33.6 Å². The van der Waals surface area contributed by atoms with Crippen LogP contribution in [0.15, 0.2) is 103 Å². The molecule has 2 aliphatic rings. The topological polar surface area (TPSA) is 7.76 Å². The number of rotatable bonds is 9. The first-order valence-corrected chi connectivity index (χ1v) is 27.7. The fourth-order valence-electron chi connectivity index (χ4n) is 10.5. The van der Waals surface area contributed by atoms with E-state index in [9.17, 15) is 0 Å². The van der Waals surface area contributed by atoms with E-state index in [-0.39, 0.29) is 20.1 Å². The summed E-state index contributed by atoms with van der Waals surface area (Å²) in [6.07, 6.45) is 19.0. The van der Waals surface area contributed by atoms with Crippen LogP contribution >= 0.6 is 11.3 Å². The second-order valence-electron chi connectivity index (χ2n) is 20.0. The summed E-state index contributed by atoms with van der Waals surface area (Å²) < 4.78 is 6.80. The quantitative estimate of drug-likeness (QED) is 0.0773. The maximum absolute atomic E-state index is 4.51. The Morgan fingerprint density at radius 2 is 1.43 bits per heavy atom. The molecule has 0 N–H and O–H groups in total. The average molecular weight is 1050 g/mol. The van der Waals surface area contributed by atoms with Gasteiger partial charge in [-0.05, 0) is 75.2 Å². The maximum atomic E-state index is 4.51. The van der Waals surface area contributed by atoms with E-state index in [1.54, 1.807) is 0 Å². The summed E-state index contributed by atoms with van der Waals surface area (Å²) in [4.78, 5) is 0. The van der Waals surface area contributed by atoms with E-state index in [4.69, 9.17) is 0 Å². The number of aromatic nitrogens is 2. The predicted octanol–water partition coefficient (Wildman–Crippen LogP) is 14.8. The molecule has 2 aliphatic carbocycles. The van der Waals surface area contributed by atoms with Crippen molar-refractivity contribution in [2.75, 3.05) is 0 Å². The molecule has 0 aliphatic heterocycles. The van der Waals surface area contributed by atoms with Crippen LogP contribution in [0.2, 0.25) is 19.6 Å². The minimum absolute atomic E-state index is 0. The molecule has 5 heteroatoms. The van der Waals surface area contributed by atoms with Gasteiger partial charge in [-0.1, -0.05) is 180 Å². The van der Waals surface area contributed by atoms with Crippen molar-refractivity contribution in [1.29, 1.82) is 0 Å². The molecule has 3 aromatic heterocycles. The van der Waals surface area contributed by atoms with Gasteiger partial charge in [-0.2, -0.15) is 37.1 Å². The van der Waals surface area contributed by atoms with Crippen LogP contribution in [0.3, 0.4) is 0 Å². The normalized spacial score (nSPS) is 14.8. The molecule has 0 bridgehead atoms. The van der Waals surface area contributed by atoms with E-state index in [0.29, 0.717) is 5.92 Å². The van der Waals surface area contributed by atoms with Crippen molar-refractivity contribution in [3.05, 3.63) is 165 Å². The molecule has 9 rings (SSSR count). The van der Waals surface area contributed by atoms with Gasteiger partial charge in [0.25, 0.3) is 0 Å². The molecule has 0 amide bonds. The summed E-state index contributed by atoms with van der Waals surface area (Å²) in [6.45, 7) is 23.0. The van der Waals surface area contributed by atoms with Gasteiger partial charge in [0, 0.05) is 38.9 Å². The Morgan fingerprint density at radius 1 is 0.714 bits per heavy atom. The zero-order valence-electron chi connectivity index (χ0n) is 38.8. The second kappa shape index (κ2) is 19.9. The summed E-state index contributed by atoms with van der Waals surface area (Å²) in [6, 6.07) is 33.6. The number of pyridine rings is 2. The SMILES string of the molecule is [CH2-]c1cc(C)c2c(sc3c(-c4ccccc4)cccc32)c1-c1cc(CC2CCCCC2)cc[n+]1[CH2-].[CH2-]c1ccc(C2CCCC2)cc1-c1cc(CC(C)C)c([Si](C)(C)C)c[n+]1[CH2-].[Ir]. The third-order valence-corrected chi connectivity index (χ3v) is 17.0. The number of hydrogen-bond acceptors (Lipinski definition) is 1. The Balaban J connectivity index is 0.000000193. The van der Waals surface area contributed by atoms with Crippen LogP contribution < -0.4 is 14.3 Å². The van der Waals surface area contributed by atoms with E-state index < -0.39 is 8.07 Å². The molecule has 2 nitrogen and oxygen atoms in total. The van der Waals surface area contributed by atoms with Crippen molar-refractivity contribution in [2.24, 2.45) is 11.8 Å². The van der Waals surface area contributed by atoms with E-state index >= 15 is 0 Å². The zero-order chi connectivity index (χ0) is 43.7. The number of nitrogens with zero attached hydrogens (tertiary/aromatic N) is 2. The third-order valence-electron chi connectivity index (χ3n) is 13.7. The van der Waals surface area contributed by atoms with Crippen LogP contribution in [0.1, 0.15) is 111 Å². The van der Waals surface area contributed by atoms with Crippen LogP contribution in [0.25, 0.3) is 53.8 Å². The van der Waals surface area contributed by atoms with Crippen LogP contribution in [-0.4, -0.2) is 8.07 Å². The summed E-state index contributed by atoms with van der Waals surface area (Å²) in [5, 5.41) is 4.22. The molecule has 2 saturated carbocycles. The molecule has 0 spiro atoms.